The van der Waals surface area contributed by atoms with Crippen molar-refractivity contribution in [1.29, 1.82) is 0 Å². The van der Waals surface area contributed by atoms with Crippen molar-refractivity contribution in [3.8, 4) is 11.5 Å². The molecular formula is C18H20BrNO6S. The lowest BCUT2D eigenvalue weighted by Gasteiger charge is -2.17. The van der Waals surface area contributed by atoms with Crippen LogP contribution in [0, 0.1) is 0 Å². The standard InChI is InChI=1S/C18H20BrNO6S/c1-5-10(2)26-16-12(19)6-11(7-13(16)24-3)8-14-17(22)20(18(23)27-14)9-15(21)25-4/h6-8,10H,5,9H2,1-4H3. The second-order valence-electron chi connectivity index (χ2n) is 5.71. The molecule has 27 heavy (non-hydrogen) atoms. The van der Waals surface area contributed by atoms with Gasteiger partial charge in [0, 0.05) is 0 Å². The number of carbonyl (C=O) groups excluding carboxylic acids is 3. The number of halogens is 1. The minimum atomic E-state index is -0.658. The maximum Gasteiger partial charge on any atom is 0.325 e. The Bertz CT molecular complexity index is 794. The lowest BCUT2D eigenvalue weighted by Crippen LogP contribution is -2.34. The van der Waals surface area contributed by atoms with E-state index in [-0.39, 0.29) is 11.0 Å². The molecule has 146 valence electrons. The first-order valence-corrected chi connectivity index (χ1v) is 9.78. The summed E-state index contributed by atoms with van der Waals surface area (Å²) in [6.07, 6.45) is 2.42. The second kappa shape index (κ2) is 9.27. The van der Waals surface area contributed by atoms with Crippen LogP contribution in [-0.4, -0.2) is 48.9 Å². The largest absolute Gasteiger partial charge is 0.493 e. The lowest BCUT2D eigenvalue weighted by atomic mass is 10.1. The highest BCUT2D eigenvalue weighted by Crippen LogP contribution is 2.39. The van der Waals surface area contributed by atoms with Crippen molar-refractivity contribution in [2.45, 2.75) is 26.4 Å². The van der Waals surface area contributed by atoms with Gasteiger partial charge in [-0.1, -0.05) is 6.92 Å². The first kappa shape index (κ1) is 21.3. The van der Waals surface area contributed by atoms with Gasteiger partial charge in [-0.05, 0) is 64.8 Å². The Kier molecular flexibility index (Phi) is 7.32. The second-order valence-corrected chi connectivity index (χ2v) is 7.56. The van der Waals surface area contributed by atoms with Crippen LogP contribution in [0.5, 0.6) is 11.5 Å². The van der Waals surface area contributed by atoms with Crippen molar-refractivity contribution in [2.75, 3.05) is 20.8 Å². The highest BCUT2D eigenvalue weighted by molar-refractivity contribution is 9.10. The maximum atomic E-state index is 12.4. The van der Waals surface area contributed by atoms with Gasteiger partial charge >= 0.3 is 5.97 Å². The molecule has 0 aromatic heterocycles. The number of nitrogens with zero attached hydrogens (tertiary/aromatic N) is 1. The maximum absolute atomic E-state index is 12.4. The van der Waals surface area contributed by atoms with Gasteiger partial charge in [-0.3, -0.25) is 19.3 Å². The van der Waals surface area contributed by atoms with Crippen molar-refractivity contribution < 1.29 is 28.6 Å². The number of rotatable bonds is 7. The zero-order chi connectivity index (χ0) is 20.1. The molecule has 1 aliphatic rings. The van der Waals surface area contributed by atoms with E-state index in [2.05, 4.69) is 20.7 Å². The monoisotopic (exact) mass is 457 g/mol. The molecule has 0 saturated carbocycles. The molecule has 0 N–H and O–H groups in total. The molecule has 1 aromatic carbocycles. The summed E-state index contributed by atoms with van der Waals surface area (Å²) in [6, 6.07) is 3.49. The van der Waals surface area contributed by atoms with E-state index in [0.29, 0.717) is 21.5 Å². The average molecular weight is 458 g/mol. The number of ether oxygens (including phenoxy) is 3. The van der Waals surface area contributed by atoms with Crippen LogP contribution in [0.4, 0.5) is 4.79 Å². The van der Waals surface area contributed by atoms with E-state index in [9.17, 15) is 14.4 Å². The van der Waals surface area contributed by atoms with Crippen molar-refractivity contribution in [2.24, 2.45) is 0 Å². The summed E-state index contributed by atoms with van der Waals surface area (Å²) >= 11 is 4.23. The van der Waals surface area contributed by atoms with Gasteiger partial charge in [-0.25, -0.2) is 0 Å². The number of carbonyl (C=O) groups is 3. The number of hydrogen-bond acceptors (Lipinski definition) is 7. The molecule has 0 spiro atoms. The van der Waals surface area contributed by atoms with Crippen LogP contribution in [0.2, 0.25) is 0 Å². The summed E-state index contributed by atoms with van der Waals surface area (Å²) < 4.78 is 16.5. The minimum Gasteiger partial charge on any atom is -0.493 e. The quantitative estimate of drug-likeness (QED) is 0.454. The Balaban J connectivity index is 2.31. The molecule has 1 unspecified atom stereocenters. The van der Waals surface area contributed by atoms with E-state index in [1.54, 1.807) is 18.2 Å². The van der Waals surface area contributed by atoms with Crippen LogP contribution in [0.3, 0.4) is 0 Å². The highest BCUT2D eigenvalue weighted by atomic mass is 79.9. The zero-order valence-electron chi connectivity index (χ0n) is 15.4. The number of imide groups is 1. The number of thioether (sulfide) groups is 1. The molecule has 9 heteroatoms. The average Bonchev–Trinajstić information content (AvgIpc) is 2.90. The van der Waals surface area contributed by atoms with Gasteiger partial charge in [0.1, 0.15) is 6.54 Å². The van der Waals surface area contributed by atoms with Crippen LogP contribution < -0.4 is 9.47 Å². The summed E-state index contributed by atoms with van der Waals surface area (Å²) in [5, 5.41) is -0.514. The Morgan fingerprint density at radius 1 is 1.33 bits per heavy atom. The predicted octanol–water partition coefficient (Wildman–Crippen LogP) is 3.84. The summed E-state index contributed by atoms with van der Waals surface area (Å²) in [6.45, 7) is 3.56. The molecule has 0 aliphatic carbocycles. The highest BCUT2D eigenvalue weighted by Gasteiger charge is 2.36. The molecule has 0 radical (unpaired) electrons. The summed E-state index contributed by atoms with van der Waals surface area (Å²) in [4.78, 5) is 36.8. The van der Waals surface area contributed by atoms with E-state index in [1.807, 2.05) is 13.8 Å². The molecule has 1 aliphatic heterocycles. The van der Waals surface area contributed by atoms with E-state index < -0.39 is 23.7 Å². The summed E-state index contributed by atoms with van der Waals surface area (Å²) in [5.41, 5.74) is 0.652. The lowest BCUT2D eigenvalue weighted by molar-refractivity contribution is -0.143. The molecule has 1 atom stereocenters. The first-order valence-electron chi connectivity index (χ1n) is 8.17. The third-order valence-corrected chi connectivity index (χ3v) is 5.33. The van der Waals surface area contributed by atoms with Gasteiger partial charge in [-0.2, -0.15) is 0 Å². The van der Waals surface area contributed by atoms with Crippen molar-refractivity contribution in [3.05, 3.63) is 27.1 Å². The van der Waals surface area contributed by atoms with E-state index in [1.165, 1.54) is 14.2 Å². The smallest absolute Gasteiger partial charge is 0.325 e. The van der Waals surface area contributed by atoms with Crippen LogP contribution in [0.15, 0.2) is 21.5 Å². The third kappa shape index (κ3) is 5.04. The van der Waals surface area contributed by atoms with Gasteiger partial charge in [0.2, 0.25) is 0 Å². The summed E-state index contributed by atoms with van der Waals surface area (Å²) in [7, 11) is 2.73. The normalized spacial score (nSPS) is 16.6. The zero-order valence-corrected chi connectivity index (χ0v) is 17.8. The minimum absolute atomic E-state index is 0.0101. The fourth-order valence-electron chi connectivity index (χ4n) is 2.20. The van der Waals surface area contributed by atoms with Crippen LogP contribution in [0.1, 0.15) is 25.8 Å². The predicted molar refractivity (Wildman–Crippen MR) is 106 cm³/mol. The van der Waals surface area contributed by atoms with Gasteiger partial charge in [0.05, 0.1) is 29.7 Å². The Morgan fingerprint density at radius 3 is 2.63 bits per heavy atom. The fraction of sp³-hybridized carbons (Fsp3) is 0.389. The number of methoxy groups -OCH3 is 2. The topological polar surface area (TPSA) is 82.1 Å². The Morgan fingerprint density at radius 2 is 2.04 bits per heavy atom. The molecular weight excluding hydrogens is 438 g/mol. The number of benzene rings is 1. The number of esters is 1. The fourth-order valence-corrected chi connectivity index (χ4v) is 3.59. The van der Waals surface area contributed by atoms with Gasteiger partial charge < -0.3 is 14.2 Å². The van der Waals surface area contributed by atoms with Crippen LogP contribution >= 0.6 is 27.7 Å². The molecule has 2 amide bonds. The molecule has 1 aromatic rings. The Hall–Kier alpha value is -2.00. The van der Waals surface area contributed by atoms with Gasteiger partial charge in [0.25, 0.3) is 11.1 Å². The van der Waals surface area contributed by atoms with Crippen LogP contribution in [-0.2, 0) is 14.3 Å². The molecule has 0 bridgehead atoms. The van der Waals surface area contributed by atoms with E-state index >= 15 is 0 Å². The first-order chi connectivity index (χ1) is 12.8. The Labute approximate surface area is 170 Å². The number of hydrogen-bond donors (Lipinski definition) is 0. The molecule has 1 heterocycles. The number of amides is 2. The molecule has 1 saturated heterocycles. The summed E-state index contributed by atoms with van der Waals surface area (Å²) in [5.74, 6) is -0.118. The van der Waals surface area contributed by atoms with E-state index in [4.69, 9.17) is 9.47 Å². The van der Waals surface area contributed by atoms with Crippen molar-refractivity contribution in [3.63, 3.8) is 0 Å². The SMILES string of the molecule is CCC(C)Oc1c(Br)cc(C=C2SC(=O)N(CC(=O)OC)C2=O)cc1OC. The molecule has 1 fully saturated rings. The third-order valence-electron chi connectivity index (χ3n) is 3.83. The van der Waals surface area contributed by atoms with Crippen molar-refractivity contribution in [1.82, 2.24) is 4.90 Å². The van der Waals surface area contributed by atoms with E-state index in [0.717, 1.165) is 23.1 Å². The van der Waals surface area contributed by atoms with Crippen LogP contribution in [0.25, 0.3) is 6.08 Å². The van der Waals surface area contributed by atoms with Crippen molar-refractivity contribution >= 4 is 50.9 Å². The van der Waals surface area contributed by atoms with Gasteiger partial charge in [0.15, 0.2) is 11.5 Å². The molecule has 2 rings (SSSR count). The molecule has 7 nitrogen and oxygen atoms in total. The van der Waals surface area contributed by atoms with Gasteiger partial charge in [-0.15, -0.1) is 0 Å².